The lowest BCUT2D eigenvalue weighted by molar-refractivity contribution is 0.0232. The maximum absolute atomic E-state index is 15.7. The highest BCUT2D eigenvalue weighted by molar-refractivity contribution is 5.98. The van der Waals surface area contributed by atoms with E-state index >= 15 is 4.39 Å². The van der Waals surface area contributed by atoms with E-state index < -0.39 is 0 Å². The highest BCUT2D eigenvalue weighted by Gasteiger charge is 2.31. The van der Waals surface area contributed by atoms with Crippen molar-refractivity contribution in [3.63, 3.8) is 0 Å². The van der Waals surface area contributed by atoms with E-state index in [1.165, 1.54) is 16.5 Å². The van der Waals surface area contributed by atoms with Gasteiger partial charge in [-0.25, -0.2) is 4.39 Å². The van der Waals surface area contributed by atoms with E-state index in [1.54, 1.807) is 6.07 Å². The average molecular weight is 460 g/mol. The quantitative estimate of drug-likeness (QED) is 0.407. The highest BCUT2D eigenvalue weighted by Crippen LogP contribution is 2.42. The predicted molar refractivity (Wildman–Crippen MR) is 137 cm³/mol. The molecule has 1 aromatic heterocycles. The van der Waals surface area contributed by atoms with E-state index in [0.29, 0.717) is 18.9 Å². The highest BCUT2D eigenvalue weighted by atomic mass is 19.1. The second-order valence-corrected chi connectivity index (χ2v) is 9.98. The van der Waals surface area contributed by atoms with Gasteiger partial charge in [-0.05, 0) is 65.6 Å². The smallest absolute Gasteiger partial charge is 0.127 e. The SMILES string of the molecule is CCC1(c2ccc(-c3cc(C(C)C)cc4c5c([nH]c34)C(CCO)OCC5)cc2F)C=CC=CC1. The molecule has 1 aliphatic heterocycles. The molecule has 2 aromatic carbocycles. The van der Waals surface area contributed by atoms with Gasteiger partial charge < -0.3 is 14.8 Å². The van der Waals surface area contributed by atoms with Crippen LogP contribution in [0.25, 0.3) is 22.0 Å². The molecule has 2 atom stereocenters. The standard InChI is InChI=1S/C30H34FNO2/c1-4-30(12-6-5-7-13-30)25-9-8-20(18-26(25)31)23-16-21(19(2)3)17-24-22-11-15-34-27(10-14-33)29(22)32-28(23)24/h5-9,12,16-19,27,32-33H,4,10-11,13-15H2,1-3H3. The number of nitrogens with one attached hydrogen (secondary N) is 1. The zero-order chi connectivity index (χ0) is 23.9. The van der Waals surface area contributed by atoms with Gasteiger partial charge in [0.25, 0.3) is 0 Å². The molecule has 3 aromatic rings. The van der Waals surface area contributed by atoms with Crippen molar-refractivity contribution in [1.82, 2.24) is 4.98 Å². The second kappa shape index (κ2) is 9.16. The van der Waals surface area contributed by atoms with Crippen molar-refractivity contribution in [2.75, 3.05) is 13.2 Å². The Bertz CT molecular complexity index is 1270. The molecular formula is C30H34FNO2. The molecule has 0 saturated carbocycles. The van der Waals surface area contributed by atoms with Crippen molar-refractivity contribution in [3.8, 4) is 11.1 Å². The fourth-order valence-electron chi connectivity index (χ4n) is 5.63. The number of aliphatic hydroxyl groups excluding tert-OH is 1. The van der Waals surface area contributed by atoms with Crippen LogP contribution < -0.4 is 0 Å². The van der Waals surface area contributed by atoms with Crippen LogP contribution in [0.5, 0.6) is 0 Å². The van der Waals surface area contributed by atoms with Crippen LogP contribution >= 0.6 is 0 Å². The molecule has 3 nitrogen and oxygen atoms in total. The number of allylic oxidation sites excluding steroid dienone is 4. The molecular weight excluding hydrogens is 425 g/mol. The van der Waals surface area contributed by atoms with Gasteiger partial charge in [0, 0.05) is 35.1 Å². The molecule has 0 amide bonds. The first-order valence-electron chi connectivity index (χ1n) is 12.5. The number of aliphatic hydroxyl groups is 1. The van der Waals surface area contributed by atoms with Crippen LogP contribution in [-0.2, 0) is 16.6 Å². The molecule has 0 bridgehead atoms. The van der Waals surface area contributed by atoms with Gasteiger partial charge in [0.1, 0.15) is 5.82 Å². The van der Waals surface area contributed by atoms with Crippen molar-refractivity contribution in [2.45, 2.75) is 63.9 Å². The predicted octanol–water partition coefficient (Wildman–Crippen LogP) is 7.26. The molecule has 178 valence electrons. The Hall–Kier alpha value is -2.69. The zero-order valence-electron chi connectivity index (χ0n) is 20.3. The molecule has 0 spiro atoms. The van der Waals surface area contributed by atoms with Gasteiger partial charge in [-0.3, -0.25) is 0 Å². The minimum atomic E-state index is -0.285. The van der Waals surface area contributed by atoms with Crippen LogP contribution in [0.3, 0.4) is 0 Å². The molecule has 0 saturated heterocycles. The molecule has 2 aliphatic rings. The van der Waals surface area contributed by atoms with Crippen LogP contribution in [-0.4, -0.2) is 23.3 Å². The van der Waals surface area contributed by atoms with Gasteiger partial charge in [0.2, 0.25) is 0 Å². The molecule has 4 heteroatoms. The third-order valence-corrected chi connectivity index (χ3v) is 7.71. The number of H-pyrrole nitrogens is 1. The fraction of sp³-hybridized carbons (Fsp3) is 0.400. The molecule has 2 unspecified atom stereocenters. The summed E-state index contributed by atoms with van der Waals surface area (Å²) in [6.45, 7) is 7.24. The largest absolute Gasteiger partial charge is 0.396 e. The topological polar surface area (TPSA) is 45.2 Å². The minimum Gasteiger partial charge on any atom is -0.396 e. The van der Waals surface area contributed by atoms with Crippen molar-refractivity contribution >= 4 is 10.9 Å². The summed E-state index contributed by atoms with van der Waals surface area (Å²) in [5.41, 5.74) is 6.97. The number of rotatable bonds is 6. The van der Waals surface area contributed by atoms with Gasteiger partial charge >= 0.3 is 0 Å². The Kier molecular flexibility index (Phi) is 6.22. The lowest BCUT2D eigenvalue weighted by atomic mass is 9.73. The maximum Gasteiger partial charge on any atom is 0.127 e. The number of hydrogen-bond donors (Lipinski definition) is 2. The molecule has 2 N–H and O–H groups in total. The average Bonchev–Trinajstić information content (AvgIpc) is 3.23. The zero-order valence-corrected chi connectivity index (χ0v) is 20.3. The summed E-state index contributed by atoms with van der Waals surface area (Å²) < 4.78 is 21.6. The summed E-state index contributed by atoms with van der Waals surface area (Å²) in [5, 5.41) is 10.7. The third-order valence-electron chi connectivity index (χ3n) is 7.71. The van der Waals surface area contributed by atoms with Crippen molar-refractivity contribution < 1.29 is 14.2 Å². The van der Waals surface area contributed by atoms with Gasteiger partial charge in [-0.15, -0.1) is 0 Å². The third kappa shape index (κ3) is 3.83. The number of halogens is 1. The number of hydrogen-bond acceptors (Lipinski definition) is 2. The number of fused-ring (bicyclic) bond motifs is 3. The van der Waals surface area contributed by atoms with Crippen LogP contribution in [0, 0.1) is 5.82 Å². The summed E-state index contributed by atoms with van der Waals surface area (Å²) in [6, 6.07) is 10.2. The van der Waals surface area contributed by atoms with E-state index in [4.69, 9.17) is 4.74 Å². The number of aromatic nitrogens is 1. The lowest BCUT2D eigenvalue weighted by Gasteiger charge is -2.31. The van der Waals surface area contributed by atoms with E-state index in [2.05, 4.69) is 56.1 Å². The van der Waals surface area contributed by atoms with Gasteiger partial charge in [-0.2, -0.15) is 0 Å². The van der Waals surface area contributed by atoms with Crippen molar-refractivity contribution in [2.24, 2.45) is 0 Å². The Labute approximate surface area is 201 Å². The van der Waals surface area contributed by atoms with Crippen LogP contribution in [0.2, 0.25) is 0 Å². The molecule has 5 rings (SSSR count). The molecule has 1 aliphatic carbocycles. The lowest BCUT2D eigenvalue weighted by Crippen LogP contribution is -2.24. The number of benzene rings is 2. The van der Waals surface area contributed by atoms with Crippen molar-refractivity contribution in [3.05, 3.63) is 82.8 Å². The summed E-state index contributed by atoms with van der Waals surface area (Å²) in [4.78, 5) is 3.62. The van der Waals surface area contributed by atoms with Gasteiger partial charge in [0.15, 0.2) is 0 Å². The van der Waals surface area contributed by atoms with Gasteiger partial charge in [-0.1, -0.05) is 57.2 Å². The van der Waals surface area contributed by atoms with E-state index in [0.717, 1.165) is 47.2 Å². The van der Waals surface area contributed by atoms with E-state index in [9.17, 15) is 5.11 Å². The monoisotopic (exact) mass is 459 g/mol. The van der Waals surface area contributed by atoms with E-state index in [1.807, 2.05) is 18.2 Å². The van der Waals surface area contributed by atoms with Gasteiger partial charge in [0.05, 0.1) is 18.2 Å². The normalized spacial score (nSPS) is 22.0. The van der Waals surface area contributed by atoms with E-state index in [-0.39, 0.29) is 23.9 Å². The van der Waals surface area contributed by atoms with Crippen LogP contribution in [0.4, 0.5) is 4.39 Å². The first-order valence-corrected chi connectivity index (χ1v) is 12.5. The molecule has 34 heavy (non-hydrogen) atoms. The second-order valence-electron chi connectivity index (χ2n) is 9.98. The summed E-state index contributed by atoms with van der Waals surface area (Å²) in [5.74, 6) is 0.202. The maximum atomic E-state index is 15.7. The minimum absolute atomic E-state index is 0.0824. The van der Waals surface area contributed by atoms with Crippen molar-refractivity contribution in [1.29, 1.82) is 0 Å². The Morgan fingerprint density at radius 3 is 2.74 bits per heavy atom. The first-order chi connectivity index (χ1) is 16.5. The Morgan fingerprint density at radius 1 is 1.21 bits per heavy atom. The summed E-state index contributed by atoms with van der Waals surface area (Å²) >= 11 is 0. The van der Waals surface area contributed by atoms with Crippen LogP contribution in [0.15, 0.2) is 54.6 Å². The fourth-order valence-corrected chi connectivity index (χ4v) is 5.63. The molecule has 0 radical (unpaired) electrons. The number of aromatic amines is 1. The Balaban J connectivity index is 1.67. The summed E-state index contributed by atoms with van der Waals surface area (Å²) in [6.07, 6.45) is 11.3. The molecule has 0 fully saturated rings. The number of ether oxygens (including phenoxy) is 1. The van der Waals surface area contributed by atoms with Crippen LogP contribution in [0.1, 0.15) is 74.4 Å². The first kappa shape index (κ1) is 23.1. The molecule has 2 heterocycles. The summed E-state index contributed by atoms with van der Waals surface area (Å²) in [7, 11) is 0. The Morgan fingerprint density at radius 2 is 2.06 bits per heavy atom.